The average molecular weight is 271 g/mol. The molecule has 0 amide bonds. The summed E-state index contributed by atoms with van der Waals surface area (Å²) in [6.45, 7) is 1.67. The van der Waals surface area contributed by atoms with Crippen LogP contribution in [0.25, 0.3) is 0 Å². The zero-order valence-corrected chi connectivity index (χ0v) is 10.3. The van der Waals surface area contributed by atoms with Crippen LogP contribution in [0.1, 0.15) is 29.3 Å². The number of halogens is 1. The molecule has 0 aromatic heterocycles. The lowest BCUT2D eigenvalue weighted by Crippen LogP contribution is -2.24. The van der Waals surface area contributed by atoms with Gasteiger partial charge < -0.3 is 14.9 Å². The van der Waals surface area contributed by atoms with Gasteiger partial charge in [-0.3, -0.25) is 4.79 Å². The molecule has 18 heavy (non-hydrogen) atoms. The van der Waals surface area contributed by atoms with E-state index in [1.807, 2.05) is 0 Å². The van der Waals surface area contributed by atoms with Crippen LogP contribution in [0.15, 0.2) is 6.07 Å². The molecule has 0 fully saturated rings. The van der Waals surface area contributed by atoms with Gasteiger partial charge in [-0.1, -0.05) is 18.5 Å². The molecule has 1 heterocycles. The third kappa shape index (κ3) is 1.90. The van der Waals surface area contributed by atoms with Gasteiger partial charge in [0.25, 0.3) is 0 Å². The maximum atomic E-state index is 11.6. The molecule has 0 spiro atoms. The van der Waals surface area contributed by atoms with Crippen LogP contribution in [-0.2, 0) is 11.2 Å². The molecule has 0 aliphatic carbocycles. The van der Waals surface area contributed by atoms with Gasteiger partial charge in [-0.25, -0.2) is 4.79 Å². The second-order valence-electron chi connectivity index (χ2n) is 4.00. The summed E-state index contributed by atoms with van der Waals surface area (Å²) in [5.41, 5.74) is 0.637. The van der Waals surface area contributed by atoms with Gasteiger partial charge >= 0.3 is 5.97 Å². The Morgan fingerprint density at radius 1 is 1.56 bits per heavy atom. The lowest BCUT2D eigenvalue weighted by atomic mass is 10.0. The molecule has 1 aromatic carbocycles. The smallest absolute Gasteiger partial charge is 0.345 e. The Bertz CT molecular complexity index is 538. The first-order valence-corrected chi connectivity index (χ1v) is 5.80. The topological polar surface area (TPSA) is 83.8 Å². The van der Waals surface area contributed by atoms with E-state index in [1.54, 1.807) is 6.92 Å². The maximum Gasteiger partial charge on any atom is 0.345 e. The van der Waals surface area contributed by atoms with Crippen molar-refractivity contribution in [3.05, 3.63) is 22.2 Å². The largest absolute Gasteiger partial charge is 0.505 e. The minimum Gasteiger partial charge on any atom is -0.505 e. The molecule has 0 bridgehead atoms. The highest BCUT2D eigenvalue weighted by atomic mass is 35.5. The van der Waals surface area contributed by atoms with Gasteiger partial charge in [0.15, 0.2) is 11.9 Å². The number of phenols is 1. The normalized spacial score (nSPS) is 17.1. The molecule has 1 aliphatic rings. The van der Waals surface area contributed by atoms with Crippen LogP contribution < -0.4 is 4.74 Å². The van der Waals surface area contributed by atoms with Gasteiger partial charge in [0.05, 0.1) is 5.56 Å². The number of rotatable bonds is 3. The van der Waals surface area contributed by atoms with E-state index in [0.29, 0.717) is 5.56 Å². The van der Waals surface area contributed by atoms with Crippen LogP contribution in [0.5, 0.6) is 11.5 Å². The van der Waals surface area contributed by atoms with Gasteiger partial charge in [0.1, 0.15) is 16.5 Å². The van der Waals surface area contributed by atoms with Crippen molar-refractivity contribution in [3.8, 4) is 11.5 Å². The van der Waals surface area contributed by atoms with Crippen LogP contribution in [0.3, 0.4) is 0 Å². The van der Waals surface area contributed by atoms with E-state index in [2.05, 4.69) is 0 Å². The Hall–Kier alpha value is -1.75. The van der Waals surface area contributed by atoms with Gasteiger partial charge in [-0.05, 0) is 6.07 Å². The molecule has 0 radical (unpaired) electrons. The number of benzene rings is 1. The molecule has 6 heteroatoms. The van der Waals surface area contributed by atoms with E-state index >= 15 is 0 Å². The summed E-state index contributed by atoms with van der Waals surface area (Å²) in [5.74, 6) is -1.57. The number of hydrogen-bond acceptors (Lipinski definition) is 4. The Morgan fingerprint density at radius 3 is 2.78 bits per heavy atom. The number of aromatic hydroxyl groups is 1. The van der Waals surface area contributed by atoms with E-state index in [9.17, 15) is 14.7 Å². The molecule has 1 unspecified atom stereocenters. The second kappa shape index (κ2) is 4.49. The van der Waals surface area contributed by atoms with Crippen LogP contribution in [0.4, 0.5) is 0 Å². The monoisotopic (exact) mass is 270 g/mol. The summed E-state index contributed by atoms with van der Waals surface area (Å²) < 4.78 is 5.15. The Balaban J connectivity index is 2.49. The third-order valence-corrected chi connectivity index (χ3v) is 3.19. The number of carbonyl (C=O) groups is 2. The fourth-order valence-corrected chi connectivity index (χ4v) is 2.15. The first-order valence-electron chi connectivity index (χ1n) is 5.42. The molecule has 2 N–H and O–H groups in total. The lowest BCUT2D eigenvalue weighted by Gasteiger charge is -2.09. The molecule has 0 saturated heterocycles. The predicted molar refractivity (Wildman–Crippen MR) is 63.5 cm³/mol. The predicted octanol–water partition coefficient (Wildman–Crippen LogP) is 2.03. The highest BCUT2D eigenvalue weighted by molar-refractivity contribution is 6.34. The van der Waals surface area contributed by atoms with Crippen molar-refractivity contribution in [1.82, 2.24) is 0 Å². The molecule has 5 nitrogen and oxygen atoms in total. The summed E-state index contributed by atoms with van der Waals surface area (Å²) in [5, 5.41) is 18.6. The van der Waals surface area contributed by atoms with Crippen LogP contribution >= 0.6 is 11.6 Å². The molecule has 0 saturated carbocycles. The van der Waals surface area contributed by atoms with Gasteiger partial charge in [-0.15, -0.1) is 0 Å². The standard InChI is InChI=1S/C12H11ClO5/c1-2-7(14)6-3-5-4-8(12(16)17)18-11(5)9(13)10(6)15/h3,8,15H,2,4H2,1H3,(H,16,17). The first-order chi connectivity index (χ1) is 8.45. The number of fused-ring (bicyclic) bond motifs is 1. The number of carboxylic acid groups (broad SMARTS) is 1. The number of ether oxygens (including phenoxy) is 1. The quantitative estimate of drug-likeness (QED) is 0.821. The maximum absolute atomic E-state index is 11.6. The van der Waals surface area contributed by atoms with Crippen molar-refractivity contribution in [3.63, 3.8) is 0 Å². The van der Waals surface area contributed by atoms with Crippen molar-refractivity contribution >= 4 is 23.4 Å². The molecular formula is C12H11ClO5. The van der Waals surface area contributed by atoms with Crippen LogP contribution in [0, 0.1) is 0 Å². The molecule has 1 atom stereocenters. The lowest BCUT2D eigenvalue weighted by molar-refractivity contribution is -0.144. The van der Waals surface area contributed by atoms with Crippen LogP contribution in [0.2, 0.25) is 5.02 Å². The summed E-state index contributed by atoms with van der Waals surface area (Å²) in [7, 11) is 0. The van der Waals surface area contributed by atoms with Crippen molar-refractivity contribution < 1.29 is 24.5 Å². The van der Waals surface area contributed by atoms with Crippen molar-refractivity contribution in [1.29, 1.82) is 0 Å². The molecule has 96 valence electrons. The van der Waals surface area contributed by atoms with E-state index in [-0.39, 0.29) is 40.7 Å². The highest BCUT2D eigenvalue weighted by Crippen LogP contribution is 2.43. The van der Waals surface area contributed by atoms with E-state index in [0.717, 1.165) is 0 Å². The van der Waals surface area contributed by atoms with Crippen molar-refractivity contribution in [2.45, 2.75) is 25.9 Å². The van der Waals surface area contributed by atoms with Crippen molar-refractivity contribution in [2.24, 2.45) is 0 Å². The Morgan fingerprint density at radius 2 is 2.22 bits per heavy atom. The van der Waals surface area contributed by atoms with E-state index < -0.39 is 12.1 Å². The van der Waals surface area contributed by atoms with Crippen LogP contribution in [-0.4, -0.2) is 28.1 Å². The van der Waals surface area contributed by atoms with E-state index in [1.165, 1.54) is 6.07 Å². The summed E-state index contributed by atoms with van der Waals surface area (Å²) in [6, 6.07) is 1.45. The van der Waals surface area contributed by atoms with Gasteiger partial charge in [-0.2, -0.15) is 0 Å². The third-order valence-electron chi connectivity index (χ3n) is 2.83. The molecular weight excluding hydrogens is 260 g/mol. The number of carbonyl (C=O) groups excluding carboxylic acids is 1. The minimum absolute atomic E-state index is 0.104. The number of phenolic OH excluding ortho intramolecular Hbond substituents is 1. The molecule has 2 rings (SSSR count). The second-order valence-corrected chi connectivity index (χ2v) is 4.38. The highest BCUT2D eigenvalue weighted by Gasteiger charge is 2.33. The summed E-state index contributed by atoms with van der Waals surface area (Å²) >= 11 is 5.89. The minimum atomic E-state index is -1.11. The molecule has 1 aromatic rings. The number of ketones is 1. The number of hydrogen-bond donors (Lipinski definition) is 2. The average Bonchev–Trinajstić information content (AvgIpc) is 2.77. The zero-order chi connectivity index (χ0) is 13.4. The van der Waals surface area contributed by atoms with Crippen molar-refractivity contribution in [2.75, 3.05) is 0 Å². The molecule has 1 aliphatic heterocycles. The SMILES string of the molecule is CCC(=O)c1cc2c(c(Cl)c1O)OC(C(=O)O)C2. The van der Waals surface area contributed by atoms with Gasteiger partial charge in [0, 0.05) is 18.4 Å². The zero-order valence-electron chi connectivity index (χ0n) is 9.57. The number of Topliss-reactive ketones (excluding diaryl/α,β-unsaturated/α-hetero) is 1. The van der Waals surface area contributed by atoms with Gasteiger partial charge in [0.2, 0.25) is 0 Å². The fourth-order valence-electron chi connectivity index (χ4n) is 1.88. The fraction of sp³-hybridized carbons (Fsp3) is 0.333. The number of carboxylic acids is 1. The summed E-state index contributed by atoms with van der Waals surface area (Å²) in [4.78, 5) is 22.5. The Labute approximate surface area is 108 Å². The number of aliphatic carboxylic acids is 1. The Kier molecular flexibility index (Phi) is 3.17. The first kappa shape index (κ1) is 12.7. The summed E-state index contributed by atoms with van der Waals surface area (Å²) in [6.07, 6.45) is -0.663. The van der Waals surface area contributed by atoms with E-state index in [4.69, 9.17) is 21.4 Å².